The van der Waals surface area contributed by atoms with E-state index < -0.39 is 0 Å². The number of thioether (sulfide) groups is 1. The van der Waals surface area contributed by atoms with Crippen LogP contribution in [0.3, 0.4) is 0 Å². The summed E-state index contributed by atoms with van der Waals surface area (Å²) in [5.74, 6) is 0.255. The van der Waals surface area contributed by atoms with E-state index >= 15 is 0 Å². The van der Waals surface area contributed by atoms with Gasteiger partial charge < -0.3 is 11.1 Å². The number of carbonyl (C=O) groups excluding carboxylic acids is 1. The predicted molar refractivity (Wildman–Crippen MR) is 105 cm³/mol. The maximum absolute atomic E-state index is 12.0. The van der Waals surface area contributed by atoms with Gasteiger partial charge in [0.1, 0.15) is 0 Å². The molecule has 1 aromatic heterocycles. The lowest BCUT2D eigenvalue weighted by Crippen LogP contribution is -2.13. The number of nitrogens with zero attached hydrogens (tertiary/aromatic N) is 1. The number of benzene rings is 2. The van der Waals surface area contributed by atoms with Gasteiger partial charge in [0, 0.05) is 26.0 Å². The average Bonchev–Trinajstić information content (AvgIpc) is 3.03. The Morgan fingerprint density at radius 3 is 2.58 bits per heavy atom. The molecular weight excluding hydrogens is 406 g/mol. The van der Waals surface area contributed by atoms with E-state index in [1.807, 2.05) is 53.9 Å². The first-order chi connectivity index (χ1) is 11.6. The fraction of sp³-hybridized carbons (Fsp3) is 0.0588. The van der Waals surface area contributed by atoms with Gasteiger partial charge in [-0.2, -0.15) is 0 Å². The molecule has 0 saturated carbocycles. The van der Waals surface area contributed by atoms with Crippen molar-refractivity contribution in [1.29, 1.82) is 0 Å². The van der Waals surface area contributed by atoms with Crippen LogP contribution in [-0.2, 0) is 4.79 Å². The second kappa shape index (κ2) is 7.83. The Morgan fingerprint density at radius 2 is 1.88 bits per heavy atom. The van der Waals surface area contributed by atoms with Crippen molar-refractivity contribution in [2.75, 3.05) is 16.8 Å². The number of halogens is 1. The smallest absolute Gasteiger partial charge is 0.236 e. The summed E-state index contributed by atoms with van der Waals surface area (Å²) >= 11 is 6.30. The molecule has 3 N–H and O–H groups in total. The molecule has 1 amide bonds. The summed E-state index contributed by atoms with van der Waals surface area (Å²) in [5.41, 5.74) is 8.24. The van der Waals surface area contributed by atoms with E-state index in [1.165, 1.54) is 23.1 Å². The van der Waals surface area contributed by atoms with Gasteiger partial charge in [0.05, 0.1) is 11.4 Å². The SMILES string of the molecule is Nc1ccc(SCC(=O)Nc2nc(-c3ccc(Br)cc3)cs2)cc1. The van der Waals surface area contributed by atoms with Gasteiger partial charge in [-0.3, -0.25) is 4.79 Å². The Hall–Kier alpha value is -1.83. The van der Waals surface area contributed by atoms with Gasteiger partial charge in [-0.05, 0) is 36.4 Å². The van der Waals surface area contributed by atoms with Crippen LogP contribution in [0.25, 0.3) is 11.3 Å². The minimum absolute atomic E-state index is 0.0754. The maximum Gasteiger partial charge on any atom is 0.236 e. The molecule has 0 atom stereocenters. The van der Waals surface area contributed by atoms with E-state index in [0.29, 0.717) is 16.6 Å². The van der Waals surface area contributed by atoms with Gasteiger partial charge in [0.25, 0.3) is 0 Å². The maximum atomic E-state index is 12.0. The fourth-order valence-electron chi connectivity index (χ4n) is 1.95. The minimum atomic E-state index is -0.0754. The molecule has 0 radical (unpaired) electrons. The largest absolute Gasteiger partial charge is 0.399 e. The Morgan fingerprint density at radius 1 is 1.17 bits per heavy atom. The number of nitrogen functional groups attached to an aromatic ring is 1. The van der Waals surface area contributed by atoms with Gasteiger partial charge in [-0.15, -0.1) is 23.1 Å². The Bertz CT molecular complexity index is 832. The summed E-state index contributed by atoms with van der Waals surface area (Å²) in [4.78, 5) is 17.5. The highest BCUT2D eigenvalue weighted by Gasteiger charge is 2.08. The third-order valence-corrected chi connectivity index (χ3v) is 5.44. The normalized spacial score (nSPS) is 10.5. The zero-order chi connectivity index (χ0) is 16.9. The average molecular weight is 420 g/mol. The van der Waals surface area contributed by atoms with E-state index in [1.54, 1.807) is 0 Å². The standard InChI is InChI=1S/C17H14BrN3OS2/c18-12-3-1-11(2-4-12)15-9-24-17(20-15)21-16(22)10-23-14-7-5-13(19)6-8-14/h1-9H,10,19H2,(H,20,21,22). The summed E-state index contributed by atoms with van der Waals surface area (Å²) < 4.78 is 1.02. The predicted octanol–water partition coefficient (Wildman–Crippen LogP) is 4.89. The van der Waals surface area contributed by atoms with E-state index in [4.69, 9.17) is 5.73 Å². The molecule has 0 unspecified atom stereocenters. The second-order valence-electron chi connectivity index (χ2n) is 4.95. The van der Waals surface area contributed by atoms with Gasteiger partial charge in [-0.25, -0.2) is 4.98 Å². The van der Waals surface area contributed by atoms with E-state index in [-0.39, 0.29) is 5.91 Å². The lowest BCUT2D eigenvalue weighted by atomic mass is 10.2. The Balaban J connectivity index is 1.57. The van der Waals surface area contributed by atoms with Gasteiger partial charge in [-0.1, -0.05) is 28.1 Å². The highest BCUT2D eigenvalue weighted by Crippen LogP contribution is 2.26. The molecule has 3 aromatic rings. The molecule has 2 aromatic carbocycles. The van der Waals surface area contributed by atoms with Gasteiger partial charge >= 0.3 is 0 Å². The quantitative estimate of drug-likeness (QED) is 0.456. The van der Waals surface area contributed by atoms with Gasteiger partial charge in [0.15, 0.2) is 5.13 Å². The van der Waals surface area contributed by atoms with Crippen molar-refractivity contribution in [3.63, 3.8) is 0 Å². The third kappa shape index (κ3) is 4.59. The van der Waals surface area contributed by atoms with Crippen LogP contribution in [0.15, 0.2) is 63.3 Å². The number of amides is 1. The molecule has 0 aliphatic rings. The highest BCUT2D eigenvalue weighted by molar-refractivity contribution is 9.10. The monoisotopic (exact) mass is 419 g/mol. The van der Waals surface area contributed by atoms with Crippen LogP contribution in [0.1, 0.15) is 0 Å². The first-order valence-corrected chi connectivity index (χ1v) is 9.75. The zero-order valence-corrected chi connectivity index (χ0v) is 15.7. The van der Waals surface area contributed by atoms with Crippen LogP contribution in [0, 0.1) is 0 Å². The summed E-state index contributed by atoms with van der Waals surface area (Å²) in [6.45, 7) is 0. The number of rotatable bonds is 5. The molecule has 0 saturated heterocycles. The number of hydrogen-bond acceptors (Lipinski definition) is 5. The van der Waals surface area contributed by atoms with Crippen LogP contribution in [0.4, 0.5) is 10.8 Å². The van der Waals surface area contributed by atoms with E-state index in [9.17, 15) is 4.79 Å². The Kier molecular flexibility index (Phi) is 5.55. The number of carbonyl (C=O) groups is 1. The molecule has 4 nitrogen and oxygen atoms in total. The highest BCUT2D eigenvalue weighted by atomic mass is 79.9. The Labute approximate surface area is 156 Å². The van der Waals surface area contributed by atoms with Crippen molar-refractivity contribution < 1.29 is 4.79 Å². The number of aromatic nitrogens is 1. The lowest BCUT2D eigenvalue weighted by Gasteiger charge is -2.02. The molecule has 0 aliphatic carbocycles. The molecule has 122 valence electrons. The molecule has 0 bridgehead atoms. The second-order valence-corrected chi connectivity index (χ2v) is 7.77. The van der Waals surface area contributed by atoms with Crippen LogP contribution in [0.2, 0.25) is 0 Å². The molecule has 0 aliphatic heterocycles. The van der Waals surface area contributed by atoms with E-state index in [2.05, 4.69) is 26.2 Å². The zero-order valence-electron chi connectivity index (χ0n) is 12.5. The number of thiazole rings is 1. The molecule has 3 rings (SSSR count). The van der Waals surface area contributed by atoms with Crippen LogP contribution >= 0.6 is 39.0 Å². The molecule has 1 heterocycles. The van der Waals surface area contributed by atoms with Gasteiger partial charge in [0.2, 0.25) is 5.91 Å². The molecule has 7 heteroatoms. The van der Waals surface area contributed by atoms with Crippen LogP contribution in [0.5, 0.6) is 0 Å². The van der Waals surface area contributed by atoms with Crippen molar-refractivity contribution in [2.45, 2.75) is 4.90 Å². The lowest BCUT2D eigenvalue weighted by molar-refractivity contribution is -0.113. The van der Waals surface area contributed by atoms with Crippen LogP contribution in [-0.4, -0.2) is 16.6 Å². The number of nitrogens with one attached hydrogen (secondary N) is 1. The first kappa shape index (κ1) is 17.0. The molecule has 24 heavy (non-hydrogen) atoms. The van der Waals surface area contributed by atoms with Crippen molar-refractivity contribution >= 4 is 55.8 Å². The summed E-state index contributed by atoms with van der Waals surface area (Å²) in [6.07, 6.45) is 0. The number of anilines is 2. The topological polar surface area (TPSA) is 68.0 Å². The summed E-state index contributed by atoms with van der Waals surface area (Å²) in [5, 5.41) is 5.38. The number of hydrogen-bond donors (Lipinski definition) is 2. The minimum Gasteiger partial charge on any atom is -0.399 e. The first-order valence-electron chi connectivity index (χ1n) is 7.10. The van der Waals surface area contributed by atoms with E-state index in [0.717, 1.165) is 20.6 Å². The summed E-state index contributed by atoms with van der Waals surface area (Å²) in [6, 6.07) is 15.4. The molecule has 0 spiro atoms. The molecular formula is C17H14BrN3OS2. The van der Waals surface area contributed by atoms with Crippen molar-refractivity contribution in [3.05, 3.63) is 58.4 Å². The van der Waals surface area contributed by atoms with Crippen molar-refractivity contribution in [2.24, 2.45) is 0 Å². The fourth-order valence-corrected chi connectivity index (χ4v) is 3.65. The van der Waals surface area contributed by atoms with Crippen molar-refractivity contribution in [1.82, 2.24) is 4.98 Å². The van der Waals surface area contributed by atoms with Crippen LogP contribution < -0.4 is 11.1 Å². The summed E-state index contributed by atoms with van der Waals surface area (Å²) in [7, 11) is 0. The third-order valence-electron chi connectivity index (χ3n) is 3.14. The molecule has 0 fully saturated rings. The van der Waals surface area contributed by atoms with Crippen molar-refractivity contribution in [3.8, 4) is 11.3 Å². The number of nitrogens with two attached hydrogens (primary N) is 1.